The average molecular weight is 291 g/mol. The van der Waals surface area contributed by atoms with Crippen molar-refractivity contribution in [3.8, 4) is 0 Å². The molecule has 0 heterocycles. The lowest BCUT2D eigenvalue weighted by atomic mass is 10.1. The number of ether oxygens (including phenoxy) is 1. The summed E-state index contributed by atoms with van der Waals surface area (Å²) < 4.78 is 5.04. The number of carbonyl (C=O) groups is 1. The Morgan fingerprint density at radius 1 is 1.50 bits per heavy atom. The van der Waals surface area contributed by atoms with E-state index in [2.05, 4.69) is 5.32 Å². The van der Waals surface area contributed by atoms with E-state index in [-0.39, 0.29) is 12.6 Å². The van der Waals surface area contributed by atoms with Crippen molar-refractivity contribution in [2.75, 3.05) is 19.8 Å². The molecule has 0 bridgehead atoms. The van der Waals surface area contributed by atoms with Crippen LogP contribution in [0.1, 0.15) is 18.5 Å². The van der Waals surface area contributed by atoms with Gasteiger partial charge >= 0.3 is 0 Å². The molecular formula is C12H16Cl2N2O2. The van der Waals surface area contributed by atoms with E-state index in [1.807, 2.05) is 13.0 Å². The molecule has 6 heteroatoms. The first-order valence-electron chi connectivity index (χ1n) is 5.55. The van der Waals surface area contributed by atoms with Gasteiger partial charge in [0.2, 0.25) is 5.91 Å². The molecule has 1 aromatic carbocycles. The number of hydrogen-bond donors (Lipinski definition) is 2. The molecule has 1 unspecified atom stereocenters. The van der Waals surface area contributed by atoms with Crippen LogP contribution in [0, 0.1) is 0 Å². The normalized spacial score (nSPS) is 12.4. The van der Waals surface area contributed by atoms with Crippen LogP contribution in [-0.4, -0.2) is 25.7 Å². The number of nitrogens with one attached hydrogen (secondary N) is 1. The summed E-state index contributed by atoms with van der Waals surface area (Å²) >= 11 is 11.9. The number of halogens is 2. The molecule has 3 N–H and O–H groups in total. The smallest absolute Gasteiger partial charge is 0.243 e. The van der Waals surface area contributed by atoms with Crippen LogP contribution < -0.4 is 11.1 Å². The van der Waals surface area contributed by atoms with Crippen molar-refractivity contribution in [3.63, 3.8) is 0 Å². The minimum Gasteiger partial charge on any atom is -0.370 e. The Labute approximate surface area is 116 Å². The van der Waals surface area contributed by atoms with Gasteiger partial charge in [-0.2, -0.15) is 0 Å². The Morgan fingerprint density at radius 2 is 2.22 bits per heavy atom. The van der Waals surface area contributed by atoms with E-state index in [1.165, 1.54) is 0 Å². The van der Waals surface area contributed by atoms with Crippen LogP contribution >= 0.6 is 23.2 Å². The largest absolute Gasteiger partial charge is 0.370 e. The molecule has 1 atom stereocenters. The van der Waals surface area contributed by atoms with Crippen molar-refractivity contribution in [1.29, 1.82) is 0 Å². The fourth-order valence-electron chi connectivity index (χ4n) is 1.48. The minimum absolute atomic E-state index is 0.0578. The van der Waals surface area contributed by atoms with Crippen molar-refractivity contribution in [3.05, 3.63) is 33.8 Å². The fraction of sp³-hybridized carbons (Fsp3) is 0.417. The summed E-state index contributed by atoms with van der Waals surface area (Å²) in [7, 11) is 0. The summed E-state index contributed by atoms with van der Waals surface area (Å²) in [5.41, 5.74) is 5.91. The molecule has 0 fully saturated rings. The lowest BCUT2D eigenvalue weighted by Crippen LogP contribution is -2.26. The molecule has 0 aliphatic heterocycles. The van der Waals surface area contributed by atoms with E-state index >= 15 is 0 Å². The first kappa shape index (κ1) is 15.2. The highest BCUT2D eigenvalue weighted by Gasteiger charge is 2.09. The van der Waals surface area contributed by atoms with E-state index < -0.39 is 5.91 Å². The van der Waals surface area contributed by atoms with Crippen molar-refractivity contribution < 1.29 is 9.53 Å². The quantitative estimate of drug-likeness (QED) is 0.757. The summed E-state index contributed by atoms with van der Waals surface area (Å²) in [5.74, 6) is -0.469. The molecule has 18 heavy (non-hydrogen) atoms. The molecule has 4 nitrogen and oxygen atoms in total. The topological polar surface area (TPSA) is 64.3 Å². The van der Waals surface area contributed by atoms with Crippen LogP contribution in [0.25, 0.3) is 0 Å². The Balaban J connectivity index is 2.36. The predicted octanol–water partition coefficient (Wildman–Crippen LogP) is 2.15. The van der Waals surface area contributed by atoms with Gasteiger partial charge in [-0.1, -0.05) is 29.3 Å². The Kier molecular flexibility index (Phi) is 6.43. The molecule has 0 spiro atoms. The van der Waals surface area contributed by atoms with Crippen molar-refractivity contribution in [2.45, 2.75) is 13.0 Å². The molecule has 1 rings (SSSR count). The summed E-state index contributed by atoms with van der Waals surface area (Å²) in [6.07, 6.45) is 0. The Hall–Kier alpha value is -0.810. The van der Waals surface area contributed by atoms with Gasteiger partial charge in [-0.15, -0.1) is 0 Å². The second-order valence-electron chi connectivity index (χ2n) is 3.86. The molecule has 0 aromatic heterocycles. The maximum absolute atomic E-state index is 10.4. The minimum atomic E-state index is -0.469. The van der Waals surface area contributed by atoms with Crippen molar-refractivity contribution >= 4 is 29.1 Å². The highest BCUT2D eigenvalue weighted by Crippen LogP contribution is 2.25. The lowest BCUT2D eigenvalue weighted by Gasteiger charge is -2.15. The molecule has 1 aromatic rings. The van der Waals surface area contributed by atoms with E-state index in [1.54, 1.807) is 12.1 Å². The van der Waals surface area contributed by atoms with E-state index in [0.717, 1.165) is 5.56 Å². The fourth-order valence-corrected chi connectivity index (χ4v) is 2.06. The third kappa shape index (κ3) is 5.23. The highest BCUT2D eigenvalue weighted by molar-refractivity contribution is 6.35. The molecule has 0 saturated carbocycles. The summed E-state index contributed by atoms with van der Waals surface area (Å²) in [6, 6.07) is 5.46. The van der Waals surface area contributed by atoms with Crippen LogP contribution in [0.3, 0.4) is 0 Å². The van der Waals surface area contributed by atoms with Gasteiger partial charge in [-0.3, -0.25) is 4.79 Å². The number of benzene rings is 1. The van der Waals surface area contributed by atoms with Gasteiger partial charge in [-0.25, -0.2) is 0 Å². The van der Waals surface area contributed by atoms with Gasteiger partial charge < -0.3 is 15.8 Å². The zero-order chi connectivity index (χ0) is 13.5. The second kappa shape index (κ2) is 7.59. The standard InChI is InChI=1S/C12H16Cl2N2O2/c1-8(16-4-5-18-7-12(15)17)10-3-2-9(13)6-11(10)14/h2-3,6,8,16H,4-5,7H2,1H3,(H2,15,17). The number of nitrogens with two attached hydrogens (primary N) is 1. The van der Waals surface area contributed by atoms with Gasteiger partial charge in [0, 0.05) is 22.6 Å². The predicted molar refractivity (Wildman–Crippen MR) is 72.9 cm³/mol. The number of hydrogen-bond acceptors (Lipinski definition) is 3. The first-order valence-corrected chi connectivity index (χ1v) is 6.30. The number of amides is 1. The number of primary amides is 1. The van der Waals surface area contributed by atoms with Crippen molar-refractivity contribution in [2.24, 2.45) is 5.73 Å². The zero-order valence-electron chi connectivity index (χ0n) is 10.1. The molecule has 1 amide bonds. The molecular weight excluding hydrogens is 275 g/mol. The van der Waals surface area contributed by atoms with Gasteiger partial charge in [0.15, 0.2) is 0 Å². The maximum Gasteiger partial charge on any atom is 0.243 e. The van der Waals surface area contributed by atoms with Crippen LogP contribution in [0.5, 0.6) is 0 Å². The van der Waals surface area contributed by atoms with Crippen LogP contribution in [0.2, 0.25) is 10.0 Å². The van der Waals surface area contributed by atoms with Crippen molar-refractivity contribution in [1.82, 2.24) is 5.32 Å². The average Bonchev–Trinajstić information content (AvgIpc) is 2.27. The third-order valence-corrected chi connectivity index (χ3v) is 2.93. The molecule has 0 radical (unpaired) electrons. The van der Waals surface area contributed by atoms with Gasteiger partial charge in [-0.05, 0) is 24.6 Å². The second-order valence-corrected chi connectivity index (χ2v) is 4.70. The first-order chi connectivity index (χ1) is 8.50. The van der Waals surface area contributed by atoms with E-state index in [4.69, 9.17) is 33.7 Å². The Bertz CT molecular complexity index is 413. The third-order valence-electron chi connectivity index (χ3n) is 2.37. The molecule has 0 saturated heterocycles. The summed E-state index contributed by atoms with van der Waals surface area (Å²) in [4.78, 5) is 10.4. The van der Waals surface area contributed by atoms with Crippen LogP contribution in [0.4, 0.5) is 0 Å². The van der Waals surface area contributed by atoms with Crippen LogP contribution in [-0.2, 0) is 9.53 Å². The monoisotopic (exact) mass is 290 g/mol. The molecule has 100 valence electrons. The van der Waals surface area contributed by atoms with Gasteiger partial charge in [0.05, 0.1) is 6.61 Å². The van der Waals surface area contributed by atoms with Crippen LogP contribution in [0.15, 0.2) is 18.2 Å². The number of carbonyl (C=O) groups excluding carboxylic acids is 1. The van der Waals surface area contributed by atoms with E-state index in [0.29, 0.717) is 23.2 Å². The lowest BCUT2D eigenvalue weighted by molar-refractivity contribution is -0.122. The Morgan fingerprint density at radius 3 is 2.83 bits per heavy atom. The number of rotatable bonds is 7. The van der Waals surface area contributed by atoms with Gasteiger partial charge in [0.25, 0.3) is 0 Å². The SMILES string of the molecule is CC(NCCOCC(N)=O)c1ccc(Cl)cc1Cl. The summed E-state index contributed by atoms with van der Waals surface area (Å²) in [6.45, 7) is 2.95. The van der Waals surface area contributed by atoms with Gasteiger partial charge in [0.1, 0.15) is 6.61 Å². The zero-order valence-corrected chi connectivity index (χ0v) is 11.6. The maximum atomic E-state index is 10.4. The van der Waals surface area contributed by atoms with E-state index in [9.17, 15) is 4.79 Å². The highest BCUT2D eigenvalue weighted by atomic mass is 35.5. The molecule has 0 aliphatic carbocycles. The molecule has 0 aliphatic rings. The summed E-state index contributed by atoms with van der Waals surface area (Å²) in [5, 5.41) is 4.47.